The summed E-state index contributed by atoms with van der Waals surface area (Å²) in [5.74, 6) is -1.90. The van der Waals surface area contributed by atoms with E-state index in [1.54, 1.807) is 36.4 Å². The molecule has 0 bridgehead atoms. The molecule has 1 N–H and O–H groups in total. The fraction of sp³-hybridized carbons (Fsp3) is 0.238. The van der Waals surface area contributed by atoms with Crippen LogP contribution in [0.1, 0.15) is 31.7 Å². The highest BCUT2D eigenvalue weighted by atomic mass is 79.9. The maximum Gasteiger partial charge on any atom is 0.340 e. The van der Waals surface area contributed by atoms with Crippen LogP contribution in [0.3, 0.4) is 0 Å². The molecule has 0 aliphatic heterocycles. The van der Waals surface area contributed by atoms with E-state index in [1.807, 2.05) is 19.9 Å². The summed E-state index contributed by atoms with van der Waals surface area (Å²) >= 11 is 9.46. The number of hydrogen-bond donors (Lipinski definition) is 1. The number of benzene rings is 2. The molecule has 0 spiro atoms. The molecule has 0 aliphatic carbocycles. The van der Waals surface area contributed by atoms with Crippen LogP contribution in [0.5, 0.6) is 0 Å². The van der Waals surface area contributed by atoms with Crippen molar-refractivity contribution in [2.24, 2.45) is 5.92 Å². The lowest BCUT2D eigenvalue weighted by Crippen LogP contribution is -2.22. The summed E-state index contributed by atoms with van der Waals surface area (Å²) in [6, 6.07) is 12.3. The molecule has 4 nitrogen and oxygen atoms in total. The molecule has 140 valence electrons. The van der Waals surface area contributed by atoms with Crippen LogP contribution in [0, 0.1) is 5.92 Å². The van der Waals surface area contributed by atoms with Crippen molar-refractivity contribution in [2.45, 2.75) is 26.2 Å². The Bertz CT molecular complexity index is 1050. The molecule has 1 unspecified atom stereocenters. The first-order valence-electron chi connectivity index (χ1n) is 8.53. The van der Waals surface area contributed by atoms with Gasteiger partial charge in [-0.25, -0.2) is 4.79 Å². The van der Waals surface area contributed by atoms with Crippen molar-refractivity contribution in [3.05, 3.63) is 67.9 Å². The maximum atomic E-state index is 12.8. The van der Waals surface area contributed by atoms with E-state index in [0.717, 1.165) is 10.0 Å². The lowest BCUT2D eigenvalue weighted by Gasteiger charge is -2.19. The number of aliphatic carboxylic acids is 1. The zero-order valence-corrected chi connectivity index (χ0v) is 17.2. The van der Waals surface area contributed by atoms with E-state index in [-0.39, 0.29) is 11.5 Å². The quantitative estimate of drug-likeness (QED) is 0.479. The average molecular weight is 450 g/mol. The smallest absolute Gasteiger partial charge is 0.340 e. The molecule has 0 radical (unpaired) electrons. The maximum absolute atomic E-state index is 12.8. The number of rotatable bonds is 5. The molecule has 0 aliphatic rings. The number of halogens is 2. The SMILES string of the molecule is CC(C)CC(C(=O)O)c1c(-c2ccc(Cl)cc2)c2cc(Br)ccc2oc1=O. The summed E-state index contributed by atoms with van der Waals surface area (Å²) in [7, 11) is 0. The van der Waals surface area contributed by atoms with Gasteiger partial charge >= 0.3 is 11.6 Å². The zero-order chi connectivity index (χ0) is 19.7. The highest BCUT2D eigenvalue weighted by Crippen LogP contribution is 2.37. The lowest BCUT2D eigenvalue weighted by atomic mass is 9.85. The topological polar surface area (TPSA) is 67.5 Å². The van der Waals surface area contributed by atoms with E-state index >= 15 is 0 Å². The van der Waals surface area contributed by atoms with Gasteiger partial charge in [0.25, 0.3) is 0 Å². The third kappa shape index (κ3) is 4.09. The molecule has 2 aromatic carbocycles. The Hall–Kier alpha value is -2.11. The van der Waals surface area contributed by atoms with Gasteiger partial charge in [0, 0.05) is 20.4 Å². The van der Waals surface area contributed by atoms with Crippen LogP contribution in [-0.4, -0.2) is 11.1 Å². The second-order valence-electron chi connectivity index (χ2n) is 6.85. The molecule has 1 aromatic heterocycles. The molecule has 3 rings (SSSR count). The predicted molar refractivity (Wildman–Crippen MR) is 110 cm³/mol. The van der Waals surface area contributed by atoms with Crippen molar-refractivity contribution in [2.75, 3.05) is 0 Å². The van der Waals surface area contributed by atoms with Crippen LogP contribution in [0.4, 0.5) is 0 Å². The number of carbonyl (C=O) groups is 1. The summed E-state index contributed by atoms with van der Waals surface area (Å²) in [4.78, 5) is 24.9. The summed E-state index contributed by atoms with van der Waals surface area (Å²) in [6.07, 6.45) is 0.334. The molecule has 3 aromatic rings. The minimum Gasteiger partial charge on any atom is -0.481 e. The van der Waals surface area contributed by atoms with Crippen molar-refractivity contribution in [1.82, 2.24) is 0 Å². The molecule has 0 saturated carbocycles. The molecule has 6 heteroatoms. The van der Waals surface area contributed by atoms with Gasteiger partial charge in [0.1, 0.15) is 5.58 Å². The van der Waals surface area contributed by atoms with Gasteiger partial charge in [0.2, 0.25) is 0 Å². The lowest BCUT2D eigenvalue weighted by molar-refractivity contribution is -0.139. The minimum atomic E-state index is -1.04. The Labute approximate surface area is 169 Å². The van der Waals surface area contributed by atoms with Gasteiger partial charge in [-0.2, -0.15) is 0 Å². The minimum absolute atomic E-state index is 0.0989. The fourth-order valence-electron chi connectivity index (χ4n) is 3.25. The number of fused-ring (bicyclic) bond motifs is 1. The molecule has 1 atom stereocenters. The Morgan fingerprint density at radius 3 is 2.44 bits per heavy atom. The van der Waals surface area contributed by atoms with Gasteiger partial charge in [0.15, 0.2) is 0 Å². The van der Waals surface area contributed by atoms with E-state index in [0.29, 0.717) is 28.0 Å². The summed E-state index contributed by atoms with van der Waals surface area (Å²) < 4.78 is 6.29. The molecule has 1 heterocycles. The van der Waals surface area contributed by atoms with Crippen molar-refractivity contribution in [1.29, 1.82) is 0 Å². The van der Waals surface area contributed by atoms with Gasteiger partial charge in [0.05, 0.1) is 11.5 Å². The molecule has 0 saturated heterocycles. The molecular weight excluding hydrogens is 432 g/mol. The first-order chi connectivity index (χ1) is 12.8. The standard InChI is InChI=1S/C21H18BrClO4/c1-11(2)9-16(20(24)25)19-18(12-3-6-14(23)7-4-12)15-10-13(22)5-8-17(15)27-21(19)26/h3-8,10-11,16H,9H2,1-2H3,(H,24,25). The number of carboxylic acids is 1. The van der Waals surface area contributed by atoms with Gasteiger partial charge < -0.3 is 9.52 Å². The molecule has 0 amide bonds. The second-order valence-corrected chi connectivity index (χ2v) is 8.20. The fourth-order valence-corrected chi connectivity index (χ4v) is 3.73. The van der Waals surface area contributed by atoms with Crippen LogP contribution in [0.2, 0.25) is 5.02 Å². The van der Waals surface area contributed by atoms with Crippen molar-refractivity contribution >= 4 is 44.5 Å². The van der Waals surface area contributed by atoms with Crippen LogP contribution in [0.15, 0.2) is 56.1 Å². The van der Waals surface area contributed by atoms with Gasteiger partial charge in [-0.05, 0) is 48.2 Å². The number of hydrogen-bond acceptors (Lipinski definition) is 3. The summed E-state index contributed by atoms with van der Waals surface area (Å²) in [5, 5.41) is 11.1. The molecule has 27 heavy (non-hydrogen) atoms. The average Bonchev–Trinajstić information content (AvgIpc) is 2.60. The normalized spacial score (nSPS) is 12.5. The first-order valence-corrected chi connectivity index (χ1v) is 9.70. The monoisotopic (exact) mass is 448 g/mol. The van der Waals surface area contributed by atoms with E-state index in [4.69, 9.17) is 16.0 Å². The Balaban J connectivity index is 2.42. The highest BCUT2D eigenvalue weighted by molar-refractivity contribution is 9.10. The third-order valence-electron chi connectivity index (χ3n) is 4.39. The van der Waals surface area contributed by atoms with Crippen LogP contribution >= 0.6 is 27.5 Å². The van der Waals surface area contributed by atoms with Crippen LogP contribution in [0.25, 0.3) is 22.1 Å². The zero-order valence-electron chi connectivity index (χ0n) is 14.8. The third-order valence-corrected chi connectivity index (χ3v) is 5.13. The van der Waals surface area contributed by atoms with Crippen molar-refractivity contribution < 1.29 is 14.3 Å². The molecule has 0 fully saturated rings. The Morgan fingerprint density at radius 2 is 1.85 bits per heavy atom. The van der Waals surface area contributed by atoms with E-state index in [9.17, 15) is 14.7 Å². The largest absolute Gasteiger partial charge is 0.481 e. The van der Waals surface area contributed by atoms with E-state index in [2.05, 4.69) is 15.9 Å². The predicted octanol–water partition coefficient (Wildman–Crippen LogP) is 6.09. The second kappa shape index (κ2) is 7.87. The van der Waals surface area contributed by atoms with Gasteiger partial charge in [-0.3, -0.25) is 4.79 Å². The molecular formula is C21H18BrClO4. The van der Waals surface area contributed by atoms with Gasteiger partial charge in [-0.1, -0.05) is 53.5 Å². The van der Waals surface area contributed by atoms with Crippen LogP contribution in [-0.2, 0) is 4.79 Å². The summed E-state index contributed by atoms with van der Waals surface area (Å²) in [5.41, 5.74) is 1.25. The summed E-state index contributed by atoms with van der Waals surface area (Å²) in [6.45, 7) is 3.86. The van der Waals surface area contributed by atoms with E-state index in [1.165, 1.54) is 0 Å². The Morgan fingerprint density at radius 1 is 1.19 bits per heavy atom. The van der Waals surface area contributed by atoms with Crippen LogP contribution < -0.4 is 5.63 Å². The highest BCUT2D eigenvalue weighted by Gasteiger charge is 2.30. The number of carboxylic acid groups (broad SMARTS) is 1. The van der Waals surface area contributed by atoms with Crippen molar-refractivity contribution in [3.63, 3.8) is 0 Å². The first kappa shape index (κ1) is 19.6. The van der Waals surface area contributed by atoms with Gasteiger partial charge in [-0.15, -0.1) is 0 Å². The van der Waals surface area contributed by atoms with E-state index < -0.39 is 17.5 Å². The van der Waals surface area contributed by atoms with Crippen molar-refractivity contribution in [3.8, 4) is 11.1 Å². The Kier molecular flexibility index (Phi) is 5.72.